The number of carbonyl (C=O) groups excluding carboxylic acids is 1. The molecule has 2 aromatic carbocycles. The molecule has 2 aromatic heterocycles. The summed E-state index contributed by atoms with van der Waals surface area (Å²) in [6, 6.07) is 12.4. The van der Waals surface area contributed by atoms with Crippen molar-refractivity contribution in [2.75, 3.05) is 17.6 Å². The standard InChI is InChI=1S/C31H32F2N6O2.2ClH/c1-17-4-8-22(25(32)12-17)24(23-9-5-18(2)13-26(23)33)16-36-29-31(41)39-21(15-35-29)7-10-27(39)30(40)37-14-20-6-11-28(34)38-19(20)3;;/h4-6,8-9,11-13,15,24,27H,7,10,14,16H2,1-3H3,(H2,34,38)(H,35,36)(H,37,40);2*1H/t27-;;/m0../s1. The predicted molar refractivity (Wildman–Crippen MR) is 168 cm³/mol. The summed E-state index contributed by atoms with van der Waals surface area (Å²) in [6.45, 7) is 5.64. The molecule has 0 aliphatic carbocycles. The number of aromatic nitrogens is 3. The molecular formula is C31H34Cl2F2N6O2. The minimum absolute atomic E-state index is 0. The van der Waals surface area contributed by atoms with Gasteiger partial charge in [-0.1, -0.05) is 30.3 Å². The van der Waals surface area contributed by atoms with E-state index in [1.807, 2.05) is 13.0 Å². The van der Waals surface area contributed by atoms with Crippen molar-refractivity contribution in [2.45, 2.75) is 52.1 Å². The molecule has 0 bridgehead atoms. The van der Waals surface area contributed by atoms with Crippen molar-refractivity contribution < 1.29 is 13.6 Å². The summed E-state index contributed by atoms with van der Waals surface area (Å²) in [7, 11) is 0. The number of rotatable bonds is 8. The van der Waals surface area contributed by atoms with Gasteiger partial charge in [0.15, 0.2) is 5.82 Å². The summed E-state index contributed by atoms with van der Waals surface area (Å²) in [4.78, 5) is 35.2. The molecule has 4 aromatic rings. The second-order valence-corrected chi connectivity index (χ2v) is 10.5. The third kappa shape index (κ3) is 7.14. The maximum Gasteiger partial charge on any atom is 0.294 e. The third-order valence-electron chi connectivity index (χ3n) is 7.57. The zero-order valence-electron chi connectivity index (χ0n) is 24.0. The van der Waals surface area contributed by atoms with E-state index in [2.05, 4.69) is 20.6 Å². The van der Waals surface area contributed by atoms with Crippen LogP contribution in [0.3, 0.4) is 0 Å². The fourth-order valence-electron chi connectivity index (χ4n) is 5.32. The number of anilines is 2. The first kappa shape index (κ1) is 33.5. The quantitative estimate of drug-likeness (QED) is 0.243. The number of hydrogen-bond donors (Lipinski definition) is 3. The van der Waals surface area contributed by atoms with Gasteiger partial charge in [0.05, 0.1) is 0 Å². The van der Waals surface area contributed by atoms with E-state index in [0.717, 1.165) is 22.4 Å². The summed E-state index contributed by atoms with van der Waals surface area (Å²) >= 11 is 0. The monoisotopic (exact) mass is 630 g/mol. The number of fused-ring (bicyclic) bond motifs is 1. The molecule has 43 heavy (non-hydrogen) atoms. The Balaban J connectivity index is 0.00000253. The molecule has 1 aliphatic rings. The van der Waals surface area contributed by atoms with Gasteiger partial charge in [-0.2, -0.15) is 0 Å². The average molecular weight is 632 g/mol. The SMILES string of the molecule is Cc1ccc(C(CNc2ncc3n(c2=O)[C@H](C(=O)NCc2ccc(N)nc2C)CC3)c2ccc(C)cc2F)c(F)c1.Cl.Cl. The number of nitrogens with zero attached hydrogens (tertiary/aromatic N) is 3. The minimum Gasteiger partial charge on any atom is -0.384 e. The van der Waals surface area contributed by atoms with Crippen molar-refractivity contribution in [3.63, 3.8) is 0 Å². The van der Waals surface area contributed by atoms with Crippen molar-refractivity contribution >= 4 is 42.4 Å². The molecule has 12 heteroatoms. The predicted octanol–water partition coefficient (Wildman–Crippen LogP) is 5.32. The highest BCUT2D eigenvalue weighted by atomic mass is 35.5. The van der Waals surface area contributed by atoms with E-state index in [4.69, 9.17) is 5.73 Å². The zero-order valence-corrected chi connectivity index (χ0v) is 25.6. The lowest BCUT2D eigenvalue weighted by Gasteiger charge is -2.21. The fourth-order valence-corrected chi connectivity index (χ4v) is 5.32. The summed E-state index contributed by atoms with van der Waals surface area (Å²) in [5.74, 6) is -1.53. The molecule has 8 nitrogen and oxygen atoms in total. The first-order valence-corrected chi connectivity index (χ1v) is 13.5. The van der Waals surface area contributed by atoms with Crippen LogP contribution in [0.25, 0.3) is 0 Å². The normalized spacial score (nSPS) is 13.6. The molecule has 228 valence electrons. The maximum absolute atomic E-state index is 15.1. The average Bonchev–Trinajstić information content (AvgIpc) is 3.36. The lowest BCUT2D eigenvalue weighted by atomic mass is 9.89. The Morgan fingerprint density at radius 1 is 1.02 bits per heavy atom. The Labute approximate surface area is 261 Å². The van der Waals surface area contributed by atoms with E-state index in [9.17, 15) is 9.59 Å². The molecule has 0 saturated heterocycles. The van der Waals surface area contributed by atoms with Gasteiger partial charge < -0.3 is 16.4 Å². The molecule has 4 N–H and O–H groups in total. The smallest absolute Gasteiger partial charge is 0.294 e. The first-order chi connectivity index (χ1) is 19.6. The highest BCUT2D eigenvalue weighted by Crippen LogP contribution is 2.30. The van der Waals surface area contributed by atoms with Crippen LogP contribution in [-0.2, 0) is 17.8 Å². The van der Waals surface area contributed by atoms with Gasteiger partial charge in [-0.25, -0.2) is 18.7 Å². The lowest BCUT2D eigenvalue weighted by Crippen LogP contribution is -2.36. The molecular weight excluding hydrogens is 597 g/mol. The van der Waals surface area contributed by atoms with E-state index in [-0.39, 0.29) is 49.6 Å². The molecule has 5 rings (SSSR count). The second kappa shape index (κ2) is 14.0. The van der Waals surface area contributed by atoms with Gasteiger partial charge in [-0.15, -0.1) is 24.8 Å². The Hall–Kier alpha value is -4.02. The number of nitrogens with two attached hydrogens (primary N) is 1. The topological polar surface area (TPSA) is 115 Å². The summed E-state index contributed by atoms with van der Waals surface area (Å²) in [5.41, 5.74) is 9.54. The molecule has 1 atom stereocenters. The van der Waals surface area contributed by atoms with E-state index in [1.165, 1.54) is 16.7 Å². The number of nitrogen functional groups attached to an aromatic ring is 1. The van der Waals surface area contributed by atoms with Crippen molar-refractivity contribution in [1.82, 2.24) is 19.9 Å². The van der Waals surface area contributed by atoms with Crippen LogP contribution in [0.2, 0.25) is 0 Å². The molecule has 1 aliphatic heterocycles. The number of nitrogens with one attached hydrogen (secondary N) is 2. The Morgan fingerprint density at radius 2 is 1.65 bits per heavy atom. The molecule has 0 unspecified atom stereocenters. The third-order valence-corrected chi connectivity index (χ3v) is 7.57. The maximum atomic E-state index is 15.1. The molecule has 0 radical (unpaired) electrons. The van der Waals surface area contributed by atoms with Crippen LogP contribution in [0.5, 0.6) is 0 Å². The van der Waals surface area contributed by atoms with Gasteiger partial charge in [0.25, 0.3) is 5.56 Å². The van der Waals surface area contributed by atoms with E-state index in [1.54, 1.807) is 50.4 Å². The summed E-state index contributed by atoms with van der Waals surface area (Å²) in [5, 5.41) is 5.92. The molecule has 0 spiro atoms. The zero-order chi connectivity index (χ0) is 29.3. The van der Waals surface area contributed by atoms with Crippen LogP contribution in [0.15, 0.2) is 59.5 Å². The molecule has 1 amide bonds. The molecule has 0 saturated carbocycles. The highest BCUT2D eigenvalue weighted by Gasteiger charge is 2.31. The van der Waals surface area contributed by atoms with Crippen molar-refractivity contribution in [3.8, 4) is 0 Å². The fraction of sp³-hybridized carbons (Fsp3) is 0.290. The number of amides is 1. The largest absolute Gasteiger partial charge is 0.384 e. The Morgan fingerprint density at radius 3 is 2.23 bits per heavy atom. The van der Waals surface area contributed by atoms with Crippen LogP contribution in [0, 0.1) is 32.4 Å². The van der Waals surface area contributed by atoms with Crippen molar-refractivity contribution in [2.24, 2.45) is 0 Å². The first-order valence-electron chi connectivity index (χ1n) is 13.5. The van der Waals surface area contributed by atoms with Crippen LogP contribution >= 0.6 is 24.8 Å². The van der Waals surface area contributed by atoms with Gasteiger partial charge in [0, 0.05) is 36.6 Å². The Kier molecular flexibility index (Phi) is 10.9. The number of pyridine rings is 1. The lowest BCUT2D eigenvalue weighted by molar-refractivity contribution is -0.124. The van der Waals surface area contributed by atoms with Gasteiger partial charge in [0.1, 0.15) is 23.5 Å². The van der Waals surface area contributed by atoms with Gasteiger partial charge in [-0.3, -0.25) is 14.2 Å². The van der Waals surface area contributed by atoms with E-state index < -0.39 is 29.2 Å². The number of benzene rings is 2. The molecule has 3 heterocycles. The van der Waals surface area contributed by atoms with Crippen LogP contribution in [0.1, 0.15) is 57.6 Å². The highest BCUT2D eigenvalue weighted by molar-refractivity contribution is 5.85. The van der Waals surface area contributed by atoms with Crippen LogP contribution in [0.4, 0.5) is 20.4 Å². The Bertz CT molecular complexity index is 1650. The summed E-state index contributed by atoms with van der Waals surface area (Å²) < 4.78 is 31.6. The van der Waals surface area contributed by atoms with Gasteiger partial charge in [0.2, 0.25) is 5.91 Å². The number of hydrogen-bond acceptors (Lipinski definition) is 6. The van der Waals surface area contributed by atoms with Gasteiger partial charge in [-0.05, 0) is 79.6 Å². The number of halogens is 4. The molecule has 0 fully saturated rings. The second-order valence-electron chi connectivity index (χ2n) is 10.5. The van der Waals surface area contributed by atoms with Gasteiger partial charge >= 0.3 is 0 Å². The number of aryl methyl sites for hydroxylation is 4. The number of carbonyl (C=O) groups is 1. The minimum atomic E-state index is -0.730. The van der Waals surface area contributed by atoms with Crippen LogP contribution < -0.4 is 21.9 Å². The summed E-state index contributed by atoms with van der Waals surface area (Å²) in [6.07, 6.45) is 2.55. The van der Waals surface area contributed by atoms with Crippen molar-refractivity contribution in [3.05, 3.63) is 116 Å². The van der Waals surface area contributed by atoms with Crippen molar-refractivity contribution in [1.29, 1.82) is 0 Å². The van der Waals surface area contributed by atoms with E-state index >= 15 is 8.78 Å². The van der Waals surface area contributed by atoms with E-state index in [0.29, 0.717) is 35.5 Å². The van der Waals surface area contributed by atoms with Crippen LogP contribution in [-0.4, -0.2) is 27.0 Å².